The van der Waals surface area contributed by atoms with Gasteiger partial charge in [0, 0.05) is 56.7 Å². The first-order chi connectivity index (χ1) is 14.6. The van der Waals surface area contributed by atoms with Gasteiger partial charge in [-0.05, 0) is 42.3 Å². The van der Waals surface area contributed by atoms with E-state index in [9.17, 15) is 4.39 Å². The molecule has 1 aliphatic heterocycles. The largest absolute Gasteiger partial charge is 0.497 e. The Balaban J connectivity index is 0.00000272. The highest BCUT2D eigenvalue weighted by Gasteiger charge is 2.25. The summed E-state index contributed by atoms with van der Waals surface area (Å²) in [6.07, 6.45) is 3.78. The second-order valence-electron chi connectivity index (χ2n) is 7.98. The summed E-state index contributed by atoms with van der Waals surface area (Å²) in [5.74, 6) is 0.748. The Kier molecular flexibility index (Phi) is 8.07. The summed E-state index contributed by atoms with van der Waals surface area (Å²) < 4.78 is 21.4. The molecule has 1 aromatic heterocycles. The first-order valence-electron chi connectivity index (χ1n) is 10.5. The Morgan fingerprint density at radius 1 is 1.00 bits per heavy atom. The molecule has 4 rings (SSSR count). The molecule has 166 valence electrons. The van der Waals surface area contributed by atoms with Crippen molar-refractivity contribution in [3.8, 4) is 5.75 Å². The van der Waals surface area contributed by atoms with E-state index in [-0.39, 0.29) is 18.2 Å². The Hall–Kier alpha value is -2.41. The molecule has 5 nitrogen and oxygen atoms in total. The Morgan fingerprint density at radius 2 is 1.84 bits per heavy atom. The maximum atomic E-state index is 14.0. The van der Waals surface area contributed by atoms with Gasteiger partial charge >= 0.3 is 0 Å². The van der Waals surface area contributed by atoms with Gasteiger partial charge in [-0.2, -0.15) is 5.10 Å². The summed E-state index contributed by atoms with van der Waals surface area (Å²) >= 11 is 0. The molecule has 7 heteroatoms. The molecule has 0 bridgehead atoms. The van der Waals surface area contributed by atoms with Gasteiger partial charge in [-0.1, -0.05) is 24.3 Å². The van der Waals surface area contributed by atoms with Gasteiger partial charge in [0.2, 0.25) is 0 Å². The molecule has 1 atom stereocenters. The number of rotatable bonds is 7. The zero-order valence-corrected chi connectivity index (χ0v) is 18.9. The number of halogens is 2. The van der Waals surface area contributed by atoms with Crippen molar-refractivity contribution in [3.05, 3.63) is 83.4 Å². The average Bonchev–Trinajstić information content (AvgIpc) is 3.26. The summed E-state index contributed by atoms with van der Waals surface area (Å²) in [5, 5.41) is 4.35. The lowest BCUT2D eigenvalue weighted by molar-refractivity contribution is 0.0724. The van der Waals surface area contributed by atoms with Crippen LogP contribution in [-0.2, 0) is 19.6 Å². The first-order valence-corrected chi connectivity index (χ1v) is 10.5. The number of hydrogen-bond acceptors (Lipinski definition) is 4. The van der Waals surface area contributed by atoms with E-state index in [1.165, 1.54) is 11.1 Å². The van der Waals surface area contributed by atoms with E-state index in [0.717, 1.165) is 44.0 Å². The number of methoxy groups -OCH3 is 1. The smallest absolute Gasteiger partial charge is 0.127 e. The van der Waals surface area contributed by atoms with Crippen LogP contribution in [0.3, 0.4) is 0 Å². The fourth-order valence-corrected chi connectivity index (χ4v) is 4.13. The third-order valence-corrected chi connectivity index (χ3v) is 5.88. The molecule has 31 heavy (non-hydrogen) atoms. The SMILES string of the molecule is COc1ccc(CN2CCN(Cc3ccccc3F)C[C@H]2C)c(Cn2cccn2)c1.Cl. The fourth-order valence-electron chi connectivity index (χ4n) is 4.13. The molecule has 0 amide bonds. The molecule has 2 aromatic carbocycles. The summed E-state index contributed by atoms with van der Waals surface area (Å²) in [5.41, 5.74) is 3.29. The zero-order chi connectivity index (χ0) is 20.9. The van der Waals surface area contributed by atoms with Crippen LogP contribution in [0.4, 0.5) is 4.39 Å². The quantitative estimate of drug-likeness (QED) is 0.546. The van der Waals surface area contributed by atoms with Crippen molar-refractivity contribution in [3.63, 3.8) is 0 Å². The van der Waals surface area contributed by atoms with E-state index in [4.69, 9.17) is 4.74 Å². The van der Waals surface area contributed by atoms with Crippen LogP contribution >= 0.6 is 12.4 Å². The minimum absolute atomic E-state index is 0. The van der Waals surface area contributed by atoms with Gasteiger partial charge < -0.3 is 4.74 Å². The summed E-state index contributed by atoms with van der Waals surface area (Å²) in [7, 11) is 1.70. The molecule has 0 spiro atoms. The molecular weight excluding hydrogens is 415 g/mol. The van der Waals surface area contributed by atoms with Gasteiger partial charge in [0.15, 0.2) is 0 Å². The summed E-state index contributed by atoms with van der Waals surface area (Å²) in [4.78, 5) is 4.85. The van der Waals surface area contributed by atoms with Crippen LogP contribution in [0.1, 0.15) is 23.6 Å². The Labute approximate surface area is 189 Å². The molecule has 0 aliphatic carbocycles. The minimum Gasteiger partial charge on any atom is -0.497 e. The number of ether oxygens (including phenoxy) is 1. The monoisotopic (exact) mass is 444 g/mol. The van der Waals surface area contributed by atoms with Crippen molar-refractivity contribution in [2.75, 3.05) is 26.7 Å². The number of piperazine rings is 1. The molecule has 3 aromatic rings. The van der Waals surface area contributed by atoms with E-state index in [0.29, 0.717) is 12.6 Å². The second-order valence-corrected chi connectivity index (χ2v) is 7.98. The lowest BCUT2D eigenvalue weighted by atomic mass is 10.0. The lowest BCUT2D eigenvalue weighted by Gasteiger charge is -2.40. The van der Waals surface area contributed by atoms with Crippen LogP contribution in [0.15, 0.2) is 60.9 Å². The van der Waals surface area contributed by atoms with Crippen molar-refractivity contribution >= 4 is 12.4 Å². The molecule has 0 N–H and O–H groups in total. The third-order valence-electron chi connectivity index (χ3n) is 5.88. The highest BCUT2D eigenvalue weighted by Crippen LogP contribution is 2.23. The van der Waals surface area contributed by atoms with Crippen molar-refractivity contribution in [2.24, 2.45) is 0 Å². The number of aromatic nitrogens is 2. The van der Waals surface area contributed by atoms with Crippen molar-refractivity contribution in [1.82, 2.24) is 19.6 Å². The van der Waals surface area contributed by atoms with Crippen LogP contribution < -0.4 is 4.74 Å². The van der Waals surface area contributed by atoms with E-state index >= 15 is 0 Å². The Morgan fingerprint density at radius 3 is 2.55 bits per heavy atom. The topological polar surface area (TPSA) is 33.5 Å². The van der Waals surface area contributed by atoms with Crippen molar-refractivity contribution in [2.45, 2.75) is 32.6 Å². The van der Waals surface area contributed by atoms with Gasteiger partial charge in [0.1, 0.15) is 11.6 Å². The number of benzene rings is 2. The van der Waals surface area contributed by atoms with Gasteiger partial charge in [0.25, 0.3) is 0 Å². The van der Waals surface area contributed by atoms with E-state index in [2.05, 4.69) is 34.0 Å². The van der Waals surface area contributed by atoms with E-state index in [1.807, 2.05) is 35.1 Å². The van der Waals surface area contributed by atoms with Crippen LogP contribution in [0, 0.1) is 5.82 Å². The lowest BCUT2D eigenvalue weighted by Crippen LogP contribution is -2.51. The maximum absolute atomic E-state index is 14.0. The average molecular weight is 445 g/mol. The van der Waals surface area contributed by atoms with Gasteiger partial charge in [0.05, 0.1) is 13.7 Å². The van der Waals surface area contributed by atoms with Crippen molar-refractivity contribution in [1.29, 1.82) is 0 Å². The van der Waals surface area contributed by atoms with Gasteiger partial charge in [-0.15, -0.1) is 12.4 Å². The first kappa shape index (κ1) is 23.3. The summed E-state index contributed by atoms with van der Waals surface area (Å²) in [6.45, 7) is 7.35. The Bertz CT molecular complexity index is 966. The van der Waals surface area contributed by atoms with Crippen molar-refractivity contribution < 1.29 is 9.13 Å². The van der Waals surface area contributed by atoms with Crippen LogP contribution in [-0.4, -0.2) is 52.4 Å². The fraction of sp³-hybridized carbons (Fsp3) is 0.375. The second kappa shape index (κ2) is 10.8. The highest BCUT2D eigenvalue weighted by molar-refractivity contribution is 5.85. The van der Waals surface area contributed by atoms with Gasteiger partial charge in [-0.3, -0.25) is 14.5 Å². The minimum atomic E-state index is -0.117. The van der Waals surface area contributed by atoms with Crippen LogP contribution in [0.2, 0.25) is 0 Å². The van der Waals surface area contributed by atoms with Crippen LogP contribution in [0.5, 0.6) is 5.75 Å². The van der Waals surface area contributed by atoms with E-state index < -0.39 is 0 Å². The number of nitrogens with zero attached hydrogens (tertiary/aromatic N) is 4. The molecule has 1 saturated heterocycles. The van der Waals surface area contributed by atoms with E-state index in [1.54, 1.807) is 25.4 Å². The molecule has 1 aliphatic rings. The normalized spacial score (nSPS) is 17.3. The van der Waals surface area contributed by atoms with Gasteiger partial charge in [-0.25, -0.2) is 4.39 Å². The molecule has 1 fully saturated rings. The predicted octanol–water partition coefficient (Wildman–Crippen LogP) is 4.21. The molecule has 0 radical (unpaired) electrons. The predicted molar refractivity (Wildman–Crippen MR) is 123 cm³/mol. The molecule has 2 heterocycles. The standard InChI is InChI=1S/C24H29FN4O.ClH/c1-19-15-27(16-21-6-3-4-7-24(21)25)12-13-28(19)17-20-8-9-23(30-2)14-22(20)18-29-11-5-10-26-29;/h3-11,14,19H,12-13,15-18H2,1-2H3;1H/t19-;/m1./s1. The zero-order valence-electron chi connectivity index (χ0n) is 18.1. The molecule has 0 unspecified atom stereocenters. The number of hydrogen-bond donors (Lipinski definition) is 0. The van der Waals surface area contributed by atoms with Crippen LogP contribution in [0.25, 0.3) is 0 Å². The molecular formula is C24H30ClFN4O. The summed E-state index contributed by atoms with van der Waals surface area (Å²) in [6, 6.07) is 15.7. The third kappa shape index (κ3) is 5.85. The highest BCUT2D eigenvalue weighted by atomic mass is 35.5. The maximum Gasteiger partial charge on any atom is 0.127 e. The molecule has 0 saturated carbocycles.